The van der Waals surface area contributed by atoms with Crippen molar-refractivity contribution < 1.29 is 21.2 Å². The zero-order valence-electron chi connectivity index (χ0n) is 13.5. The van der Waals surface area contributed by atoms with Crippen LogP contribution in [0.5, 0.6) is 0 Å². The Morgan fingerprint density at radius 2 is 1.68 bits per heavy atom. The van der Waals surface area contributed by atoms with Crippen molar-refractivity contribution in [1.29, 1.82) is 0 Å². The van der Waals surface area contributed by atoms with Crippen molar-refractivity contribution in [3.8, 4) is 0 Å². The third-order valence-corrected chi connectivity index (χ3v) is 6.42. The number of hydrogen-bond donors (Lipinski definition) is 1. The SMILES string of the molecule is CC(NS(=O)(=O)Cc1c(F)cccc1Cl)c1ccc(S(C)(=O)=O)cc1. The predicted octanol–water partition coefficient (Wildman–Crippen LogP) is 3.06. The molecule has 0 amide bonds. The van der Waals surface area contributed by atoms with E-state index >= 15 is 0 Å². The first-order chi connectivity index (χ1) is 11.5. The molecule has 0 aromatic heterocycles. The highest BCUT2D eigenvalue weighted by atomic mass is 35.5. The van der Waals surface area contributed by atoms with Crippen LogP contribution >= 0.6 is 11.6 Å². The van der Waals surface area contributed by atoms with Gasteiger partial charge in [-0.1, -0.05) is 29.8 Å². The van der Waals surface area contributed by atoms with E-state index in [0.717, 1.165) is 12.3 Å². The van der Waals surface area contributed by atoms with Gasteiger partial charge in [-0.3, -0.25) is 0 Å². The Hall–Kier alpha value is -1.48. The van der Waals surface area contributed by atoms with E-state index in [1.54, 1.807) is 6.92 Å². The van der Waals surface area contributed by atoms with Crippen molar-refractivity contribution in [1.82, 2.24) is 4.72 Å². The molecule has 9 heteroatoms. The largest absolute Gasteiger partial charge is 0.224 e. The maximum atomic E-state index is 13.8. The number of rotatable bonds is 6. The van der Waals surface area contributed by atoms with E-state index in [9.17, 15) is 21.2 Å². The van der Waals surface area contributed by atoms with Crippen LogP contribution in [-0.4, -0.2) is 23.1 Å². The second-order valence-corrected chi connectivity index (χ2v) is 9.82. The standard InChI is InChI=1S/C16H17ClFNO4S2/c1-11(12-6-8-13(9-7-12)24(2,20)21)19-25(22,23)10-14-15(17)4-3-5-16(14)18/h3-9,11,19H,10H2,1-2H3. The normalized spacial score (nSPS) is 13.6. The number of halogens is 2. The summed E-state index contributed by atoms with van der Waals surface area (Å²) in [6.07, 6.45) is 1.09. The van der Waals surface area contributed by atoms with Crippen LogP contribution in [0, 0.1) is 5.82 Å². The number of benzene rings is 2. The summed E-state index contributed by atoms with van der Waals surface area (Å²) in [4.78, 5) is 0.143. The van der Waals surface area contributed by atoms with Gasteiger partial charge in [-0.25, -0.2) is 25.9 Å². The first-order valence-corrected chi connectivity index (χ1v) is 11.1. The monoisotopic (exact) mass is 405 g/mol. The Bertz CT molecular complexity index is 953. The van der Waals surface area contributed by atoms with Gasteiger partial charge in [-0.15, -0.1) is 0 Å². The highest BCUT2D eigenvalue weighted by Gasteiger charge is 2.20. The zero-order valence-corrected chi connectivity index (χ0v) is 15.9. The molecule has 136 valence electrons. The van der Waals surface area contributed by atoms with Crippen LogP contribution in [0.4, 0.5) is 4.39 Å². The van der Waals surface area contributed by atoms with Gasteiger partial charge in [0.25, 0.3) is 0 Å². The summed E-state index contributed by atoms with van der Waals surface area (Å²) in [6, 6.07) is 9.20. The second kappa shape index (κ2) is 7.41. The number of hydrogen-bond acceptors (Lipinski definition) is 4. The minimum absolute atomic E-state index is 0.0375. The predicted molar refractivity (Wildman–Crippen MR) is 95.1 cm³/mol. The molecular weight excluding hydrogens is 389 g/mol. The highest BCUT2D eigenvalue weighted by molar-refractivity contribution is 7.90. The van der Waals surface area contributed by atoms with Crippen molar-refractivity contribution in [3.05, 3.63) is 64.4 Å². The van der Waals surface area contributed by atoms with Gasteiger partial charge in [0.2, 0.25) is 10.0 Å². The van der Waals surface area contributed by atoms with E-state index < -0.39 is 37.5 Å². The maximum absolute atomic E-state index is 13.8. The van der Waals surface area contributed by atoms with E-state index in [4.69, 9.17) is 11.6 Å². The number of sulfone groups is 1. The Kier molecular flexibility index (Phi) is 5.88. The van der Waals surface area contributed by atoms with Crippen LogP contribution in [0.1, 0.15) is 24.1 Å². The third kappa shape index (κ3) is 5.24. The first kappa shape index (κ1) is 19.8. The number of sulfonamides is 1. The fraction of sp³-hybridized carbons (Fsp3) is 0.250. The molecule has 5 nitrogen and oxygen atoms in total. The average molecular weight is 406 g/mol. The van der Waals surface area contributed by atoms with Crippen LogP contribution in [0.3, 0.4) is 0 Å². The minimum atomic E-state index is -3.86. The summed E-state index contributed by atoms with van der Waals surface area (Å²) in [5.74, 6) is -1.28. The summed E-state index contributed by atoms with van der Waals surface area (Å²) in [6.45, 7) is 1.61. The molecule has 2 aromatic rings. The van der Waals surface area contributed by atoms with Crippen LogP contribution < -0.4 is 4.72 Å². The summed E-state index contributed by atoms with van der Waals surface area (Å²) in [5, 5.41) is 0.0375. The fourth-order valence-electron chi connectivity index (χ4n) is 2.24. The van der Waals surface area contributed by atoms with Gasteiger partial charge in [0.05, 0.1) is 10.6 Å². The quantitative estimate of drug-likeness (QED) is 0.800. The van der Waals surface area contributed by atoms with Crippen molar-refractivity contribution in [2.24, 2.45) is 0 Å². The lowest BCUT2D eigenvalue weighted by Gasteiger charge is -2.15. The van der Waals surface area contributed by atoms with Crippen LogP contribution in [0.15, 0.2) is 47.4 Å². The van der Waals surface area contributed by atoms with Gasteiger partial charge in [0, 0.05) is 22.9 Å². The van der Waals surface area contributed by atoms with Crippen molar-refractivity contribution in [2.45, 2.75) is 23.6 Å². The molecule has 0 saturated heterocycles. The summed E-state index contributed by atoms with van der Waals surface area (Å²) < 4.78 is 63.7. The molecule has 2 aromatic carbocycles. The molecule has 0 heterocycles. The Morgan fingerprint density at radius 3 is 2.20 bits per heavy atom. The molecule has 0 aliphatic rings. The lowest BCUT2D eigenvalue weighted by Crippen LogP contribution is -2.28. The number of nitrogens with one attached hydrogen (secondary N) is 1. The van der Waals surface area contributed by atoms with Gasteiger partial charge in [-0.2, -0.15) is 0 Å². The fourth-order valence-corrected chi connectivity index (χ4v) is 4.61. The Morgan fingerprint density at radius 1 is 1.08 bits per heavy atom. The Balaban J connectivity index is 2.17. The Labute approximate surface area is 151 Å². The van der Waals surface area contributed by atoms with Crippen LogP contribution in [0.25, 0.3) is 0 Å². The van der Waals surface area contributed by atoms with E-state index in [-0.39, 0.29) is 15.5 Å². The molecule has 0 aliphatic carbocycles. The molecule has 0 saturated carbocycles. The maximum Gasteiger partial charge on any atom is 0.216 e. The van der Waals surface area contributed by atoms with Crippen molar-refractivity contribution in [2.75, 3.05) is 6.26 Å². The first-order valence-electron chi connectivity index (χ1n) is 7.22. The molecule has 0 bridgehead atoms. The smallest absolute Gasteiger partial charge is 0.216 e. The average Bonchev–Trinajstić information content (AvgIpc) is 2.50. The molecule has 1 unspecified atom stereocenters. The van der Waals surface area contributed by atoms with E-state index in [0.29, 0.717) is 5.56 Å². The summed E-state index contributed by atoms with van der Waals surface area (Å²) in [5.41, 5.74) is 0.479. The van der Waals surface area contributed by atoms with Crippen LogP contribution in [0.2, 0.25) is 5.02 Å². The summed E-state index contributed by atoms with van der Waals surface area (Å²) >= 11 is 5.86. The molecule has 0 aliphatic heterocycles. The zero-order chi connectivity index (χ0) is 18.8. The van der Waals surface area contributed by atoms with Gasteiger partial charge >= 0.3 is 0 Å². The van der Waals surface area contributed by atoms with Crippen LogP contribution in [-0.2, 0) is 25.6 Å². The lowest BCUT2D eigenvalue weighted by molar-refractivity contribution is 0.561. The topological polar surface area (TPSA) is 80.3 Å². The van der Waals surface area contributed by atoms with Crippen molar-refractivity contribution >= 4 is 31.5 Å². The highest BCUT2D eigenvalue weighted by Crippen LogP contribution is 2.23. The second-order valence-electron chi connectivity index (χ2n) is 5.64. The van der Waals surface area contributed by atoms with Gasteiger partial charge < -0.3 is 0 Å². The molecular formula is C16H17ClFNO4S2. The molecule has 1 N–H and O–H groups in total. The molecule has 0 radical (unpaired) electrons. The molecule has 0 fully saturated rings. The molecule has 2 rings (SSSR count). The lowest BCUT2D eigenvalue weighted by atomic mass is 10.1. The third-order valence-electron chi connectivity index (χ3n) is 3.56. The van der Waals surface area contributed by atoms with Gasteiger partial charge in [0.15, 0.2) is 9.84 Å². The van der Waals surface area contributed by atoms with Gasteiger partial charge in [-0.05, 0) is 36.8 Å². The van der Waals surface area contributed by atoms with E-state index in [1.807, 2.05) is 0 Å². The van der Waals surface area contributed by atoms with Gasteiger partial charge in [0.1, 0.15) is 5.82 Å². The summed E-state index contributed by atoms with van der Waals surface area (Å²) in [7, 11) is -7.18. The van der Waals surface area contributed by atoms with E-state index in [1.165, 1.54) is 36.4 Å². The molecule has 1 atom stereocenters. The minimum Gasteiger partial charge on any atom is -0.224 e. The van der Waals surface area contributed by atoms with Crippen molar-refractivity contribution in [3.63, 3.8) is 0 Å². The van der Waals surface area contributed by atoms with E-state index in [2.05, 4.69) is 4.72 Å². The molecule has 25 heavy (non-hydrogen) atoms. The molecule has 0 spiro atoms.